The fourth-order valence-corrected chi connectivity index (χ4v) is 3.43. The van der Waals surface area contributed by atoms with Crippen LogP contribution >= 0.6 is 0 Å². The molecule has 0 amide bonds. The first-order chi connectivity index (χ1) is 11.2. The Kier molecular flexibility index (Phi) is 6.45. The third-order valence-corrected chi connectivity index (χ3v) is 9.04. The van der Waals surface area contributed by atoms with Gasteiger partial charge in [-0.15, -0.1) is 0 Å². The number of carbonyl (C=O) groups excluding carboxylic acids is 2. The van der Waals surface area contributed by atoms with E-state index in [9.17, 15) is 9.59 Å². The molecule has 2 atom stereocenters. The van der Waals surface area contributed by atoms with Crippen molar-refractivity contribution in [3.63, 3.8) is 0 Å². The summed E-state index contributed by atoms with van der Waals surface area (Å²) < 4.78 is 13.4. The van der Waals surface area contributed by atoms with Gasteiger partial charge in [-0.2, -0.15) is 0 Å². The molecule has 0 aliphatic rings. The monoisotopic (exact) mass is 367 g/mol. The molecular weight excluding hydrogens is 334 g/mol. The SMILES string of the molecule is C[C@H](C=O)[C@H](O[Si](C)(C)C(C)(C)C)c1cccn1C(=O)OC(C)(C)C. The maximum atomic E-state index is 12.5. The van der Waals surface area contributed by atoms with Crippen LogP contribution in [0.3, 0.4) is 0 Å². The highest BCUT2D eigenvalue weighted by atomic mass is 28.4. The lowest BCUT2D eigenvalue weighted by molar-refractivity contribution is -0.113. The van der Waals surface area contributed by atoms with E-state index >= 15 is 0 Å². The van der Waals surface area contributed by atoms with Gasteiger partial charge < -0.3 is 14.0 Å². The van der Waals surface area contributed by atoms with Crippen LogP contribution in [0.25, 0.3) is 0 Å². The fourth-order valence-electron chi connectivity index (χ4n) is 2.11. The Bertz CT molecular complexity index is 608. The number of hydrogen-bond donors (Lipinski definition) is 0. The summed E-state index contributed by atoms with van der Waals surface area (Å²) in [6.45, 7) is 18.0. The Hall–Kier alpha value is -1.40. The summed E-state index contributed by atoms with van der Waals surface area (Å²) >= 11 is 0. The van der Waals surface area contributed by atoms with Crippen LogP contribution in [-0.4, -0.2) is 30.9 Å². The molecule has 0 aliphatic heterocycles. The number of nitrogens with zero attached hydrogens (tertiary/aromatic N) is 1. The van der Waals surface area contributed by atoms with Gasteiger partial charge in [0.25, 0.3) is 0 Å². The molecule has 25 heavy (non-hydrogen) atoms. The largest absolute Gasteiger partial charge is 0.443 e. The van der Waals surface area contributed by atoms with Gasteiger partial charge in [0.05, 0.1) is 11.8 Å². The van der Waals surface area contributed by atoms with Crippen molar-refractivity contribution in [2.24, 2.45) is 5.92 Å². The maximum Gasteiger partial charge on any atom is 0.418 e. The van der Waals surface area contributed by atoms with Crippen molar-refractivity contribution in [1.29, 1.82) is 0 Å². The van der Waals surface area contributed by atoms with Gasteiger partial charge in [-0.05, 0) is 51.0 Å². The first kappa shape index (κ1) is 21.6. The normalized spacial score (nSPS) is 15.6. The fraction of sp³-hybridized carbons (Fsp3) is 0.684. The molecule has 0 radical (unpaired) electrons. The lowest BCUT2D eigenvalue weighted by Gasteiger charge is -2.40. The summed E-state index contributed by atoms with van der Waals surface area (Å²) in [6, 6.07) is 3.60. The molecule has 0 aromatic carbocycles. The van der Waals surface area contributed by atoms with Crippen molar-refractivity contribution >= 4 is 20.7 Å². The van der Waals surface area contributed by atoms with Gasteiger partial charge in [-0.1, -0.05) is 27.7 Å². The molecule has 1 heterocycles. The number of aldehydes is 1. The first-order valence-electron chi connectivity index (χ1n) is 8.73. The quantitative estimate of drug-likeness (QED) is 0.532. The van der Waals surface area contributed by atoms with Crippen molar-refractivity contribution in [3.05, 3.63) is 24.0 Å². The third kappa shape index (κ3) is 5.54. The van der Waals surface area contributed by atoms with E-state index in [1.807, 2.05) is 33.8 Å². The molecule has 1 rings (SSSR count). The lowest BCUT2D eigenvalue weighted by atomic mass is 10.0. The van der Waals surface area contributed by atoms with Crippen LogP contribution in [0.15, 0.2) is 18.3 Å². The van der Waals surface area contributed by atoms with Gasteiger partial charge in [0.1, 0.15) is 11.9 Å². The summed E-state index contributed by atoms with van der Waals surface area (Å²) in [5.74, 6) is -0.370. The van der Waals surface area contributed by atoms with Gasteiger partial charge in [-0.25, -0.2) is 4.79 Å². The minimum absolute atomic E-state index is 0.00278. The number of rotatable bonds is 5. The van der Waals surface area contributed by atoms with Crippen LogP contribution in [0.4, 0.5) is 4.79 Å². The lowest BCUT2D eigenvalue weighted by Crippen LogP contribution is -2.43. The van der Waals surface area contributed by atoms with E-state index in [4.69, 9.17) is 9.16 Å². The van der Waals surface area contributed by atoms with Crippen LogP contribution in [0, 0.1) is 5.92 Å². The minimum atomic E-state index is -2.13. The van der Waals surface area contributed by atoms with Crippen molar-refractivity contribution in [3.8, 4) is 0 Å². The van der Waals surface area contributed by atoms with E-state index in [2.05, 4.69) is 33.9 Å². The number of carbonyl (C=O) groups is 2. The Balaban J connectivity index is 3.25. The number of aromatic nitrogens is 1. The van der Waals surface area contributed by atoms with Crippen LogP contribution < -0.4 is 0 Å². The average Bonchev–Trinajstić information content (AvgIpc) is 2.90. The smallest absolute Gasteiger partial charge is 0.418 e. The van der Waals surface area contributed by atoms with Crippen molar-refractivity contribution in [1.82, 2.24) is 4.57 Å². The van der Waals surface area contributed by atoms with Gasteiger partial charge in [-0.3, -0.25) is 4.57 Å². The zero-order chi connectivity index (χ0) is 19.6. The van der Waals surface area contributed by atoms with E-state index in [0.29, 0.717) is 5.69 Å². The summed E-state index contributed by atoms with van der Waals surface area (Å²) in [5.41, 5.74) is 0.0590. The van der Waals surface area contributed by atoms with Crippen LogP contribution in [0.5, 0.6) is 0 Å². The van der Waals surface area contributed by atoms with Crippen molar-refractivity contribution in [2.45, 2.75) is 78.3 Å². The standard InChI is InChI=1S/C19H33NO4Si/c1-14(13-21)16(24-25(8,9)19(5,6)7)15-11-10-12-20(15)17(22)23-18(2,3)4/h10-14,16H,1-9H3/t14-,16+/m1/s1. The van der Waals surface area contributed by atoms with Crippen LogP contribution in [0.1, 0.15) is 60.3 Å². The molecule has 0 N–H and O–H groups in total. The van der Waals surface area contributed by atoms with Crippen LogP contribution in [0.2, 0.25) is 18.1 Å². The summed E-state index contributed by atoms with van der Waals surface area (Å²) in [4.78, 5) is 24.0. The molecule has 0 unspecified atom stereocenters. The molecular formula is C19H33NO4Si. The number of hydrogen-bond acceptors (Lipinski definition) is 4. The molecule has 0 spiro atoms. The van der Waals surface area contributed by atoms with E-state index in [1.165, 1.54) is 4.57 Å². The predicted octanol–water partition coefficient (Wildman–Crippen LogP) is 5.17. The topological polar surface area (TPSA) is 57.5 Å². The van der Waals surface area contributed by atoms with E-state index in [0.717, 1.165) is 6.29 Å². The highest BCUT2D eigenvalue weighted by molar-refractivity contribution is 6.74. The van der Waals surface area contributed by atoms with E-state index < -0.39 is 26.1 Å². The highest BCUT2D eigenvalue weighted by Gasteiger charge is 2.41. The molecule has 0 fully saturated rings. The molecule has 142 valence electrons. The van der Waals surface area contributed by atoms with Crippen molar-refractivity contribution < 1.29 is 18.8 Å². The van der Waals surface area contributed by atoms with Gasteiger partial charge in [0.2, 0.25) is 0 Å². The Morgan fingerprint density at radius 1 is 1.20 bits per heavy atom. The molecule has 0 saturated carbocycles. The molecule has 6 heteroatoms. The third-order valence-electron chi connectivity index (χ3n) is 4.58. The Morgan fingerprint density at radius 3 is 2.20 bits per heavy atom. The molecule has 5 nitrogen and oxygen atoms in total. The molecule has 0 bridgehead atoms. The second kappa shape index (κ2) is 7.46. The minimum Gasteiger partial charge on any atom is -0.443 e. The zero-order valence-corrected chi connectivity index (χ0v) is 18.0. The van der Waals surface area contributed by atoms with Crippen LogP contribution in [-0.2, 0) is 14.0 Å². The van der Waals surface area contributed by atoms with Gasteiger partial charge in [0.15, 0.2) is 8.32 Å². The summed E-state index contributed by atoms with van der Waals surface area (Å²) in [7, 11) is -2.13. The van der Waals surface area contributed by atoms with Gasteiger partial charge in [0, 0.05) is 12.1 Å². The van der Waals surface area contributed by atoms with Gasteiger partial charge >= 0.3 is 6.09 Å². The molecule has 1 aromatic rings. The second-order valence-electron chi connectivity index (χ2n) is 9.08. The Labute approximate surface area is 152 Å². The van der Waals surface area contributed by atoms with E-state index in [-0.39, 0.29) is 11.0 Å². The molecule has 1 aromatic heterocycles. The zero-order valence-electron chi connectivity index (χ0n) is 17.0. The van der Waals surface area contributed by atoms with Crippen molar-refractivity contribution in [2.75, 3.05) is 0 Å². The predicted molar refractivity (Wildman–Crippen MR) is 102 cm³/mol. The second-order valence-corrected chi connectivity index (χ2v) is 13.8. The average molecular weight is 368 g/mol. The summed E-state index contributed by atoms with van der Waals surface area (Å²) in [6.07, 6.45) is 1.59. The summed E-state index contributed by atoms with van der Waals surface area (Å²) in [5, 5.41) is -0.00278. The molecule has 0 saturated heterocycles. The van der Waals surface area contributed by atoms with E-state index in [1.54, 1.807) is 12.3 Å². The highest BCUT2D eigenvalue weighted by Crippen LogP contribution is 2.41. The molecule has 0 aliphatic carbocycles. The Morgan fingerprint density at radius 2 is 1.76 bits per heavy atom. The first-order valence-corrected chi connectivity index (χ1v) is 11.6. The number of ether oxygens (including phenoxy) is 1. The maximum absolute atomic E-state index is 12.5.